The van der Waals surface area contributed by atoms with Crippen LogP contribution in [-0.2, 0) is 6.42 Å². The number of nitrogens with one attached hydrogen (secondary N) is 2. The minimum Gasteiger partial charge on any atom is -0.497 e. The summed E-state index contributed by atoms with van der Waals surface area (Å²) in [5.41, 5.74) is 0.290. The molecule has 0 radical (unpaired) electrons. The average Bonchev–Trinajstić information content (AvgIpc) is 2.53. The summed E-state index contributed by atoms with van der Waals surface area (Å²) in [6, 6.07) is 7.51. The van der Waals surface area contributed by atoms with Crippen molar-refractivity contribution < 1.29 is 14.6 Å². The van der Waals surface area contributed by atoms with Crippen molar-refractivity contribution in [2.24, 2.45) is 0 Å². The SMILES string of the molecule is CCC(O)(CC)CNC(=O)NCCc1cccc(OC)c1. The van der Waals surface area contributed by atoms with Gasteiger partial charge in [-0.3, -0.25) is 0 Å². The second-order valence-corrected chi connectivity index (χ2v) is 5.14. The van der Waals surface area contributed by atoms with Crippen LogP contribution in [-0.4, -0.2) is 36.9 Å². The number of benzene rings is 1. The molecular weight excluding hydrogens is 268 g/mol. The Hall–Kier alpha value is -1.75. The number of hydrogen-bond donors (Lipinski definition) is 3. The van der Waals surface area contributed by atoms with Gasteiger partial charge in [-0.2, -0.15) is 0 Å². The summed E-state index contributed by atoms with van der Waals surface area (Å²) in [6.07, 6.45) is 1.97. The summed E-state index contributed by atoms with van der Waals surface area (Å²) in [5, 5.41) is 15.6. The number of methoxy groups -OCH3 is 1. The lowest BCUT2D eigenvalue weighted by Gasteiger charge is -2.25. The average molecular weight is 294 g/mol. The zero-order chi connectivity index (χ0) is 15.7. The summed E-state index contributed by atoms with van der Waals surface area (Å²) in [7, 11) is 1.63. The van der Waals surface area contributed by atoms with Gasteiger partial charge in [-0.25, -0.2) is 4.79 Å². The number of aliphatic hydroxyl groups is 1. The van der Waals surface area contributed by atoms with E-state index < -0.39 is 5.60 Å². The van der Waals surface area contributed by atoms with Crippen molar-refractivity contribution in [3.8, 4) is 5.75 Å². The highest BCUT2D eigenvalue weighted by molar-refractivity contribution is 5.73. The van der Waals surface area contributed by atoms with Gasteiger partial charge in [0.1, 0.15) is 5.75 Å². The zero-order valence-corrected chi connectivity index (χ0v) is 13.1. The van der Waals surface area contributed by atoms with E-state index >= 15 is 0 Å². The van der Waals surface area contributed by atoms with Crippen LogP contribution in [0.5, 0.6) is 5.75 Å². The Morgan fingerprint density at radius 2 is 2.00 bits per heavy atom. The molecule has 0 aromatic heterocycles. The Kier molecular flexibility index (Phi) is 7.02. The van der Waals surface area contributed by atoms with E-state index in [1.54, 1.807) is 7.11 Å². The van der Waals surface area contributed by atoms with E-state index in [9.17, 15) is 9.90 Å². The molecule has 0 aliphatic carbocycles. The molecule has 21 heavy (non-hydrogen) atoms. The first-order valence-corrected chi connectivity index (χ1v) is 7.40. The molecule has 1 aromatic rings. The Morgan fingerprint density at radius 3 is 2.62 bits per heavy atom. The molecule has 1 aromatic carbocycles. The van der Waals surface area contributed by atoms with Gasteiger partial charge in [0.2, 0.25) is 0 Å². The molecule has 0 saturated heterocycles. The highest BCUT2D eigenvalue weighted by Crippen LogP contribution is 2.13. The number of carbonyl (C=O) groups excluding carboxylic acids is 1. The molecule has 0 spiro atoms. The summed E-state index contributed by atoms with van der Waals surface area (Å²) >= 11 is 0. The third kappa shape index (κ3) is 6.04. The molecule has 0 aliphatic rings. The lowest BCUT2D eigenvalue weighted by atomic mass is 9.98. The van der Waals surface area contributed by atoms with E-state index in [2.05, 4.69) is 10.6 Å². The maximum Gasteiger partial charge on any atom is 0.314 e. The van der Waals surface area contributed by atoms with E-state index in [1.807, 2.05) is 38.1 Å². The fourth-order valence-electron chi connectivity index (χ4n) is 1.96. The molecule has 0 heterocycles. The molecule has 0 aliphatic heterocycles. The van der Waals surface area contributed by atoms with Crippen LogP contribution >= 0.6 is 0 Å². The molecule has 0 atom stereocenters. The molecule has 118 valence electrons. The number of hydrogen-bond acceptors (Lipinski definition) is 3. The first kappa shape index (κ1) is 17.3. The van der Waals surface area contributed by atoms with E-state index in [-0.39, 0.29) is 12.6 Å². The van der Waals surface area contributed by atoms with Crippen LogP contribution in [0.2, 0.25) is 0 Å². The Bertz CT molecular complexity index is 445. The fraction of sp³-hybridized carbons (Fsp3) is 0.562. The summed E-state index contributed by atoms with van der Waals surface area (Å²) < 4.78 is 5.16. The van der Waals surface area contributed by atoms with Gasteiger partial charge in [-0.15, -0.1) is 0 Å². The summed E-state index contributed by atoms with van der Waals surface area (Å²) in [4.78, 5) is 11.7. The number of urea groups is 1. The van der Waals surface area contributed by atoms with Gasteiger partial charge in [-0.05, 0) is 37.0 Å². The van der Waals surface area contributed by atoms with Crippen molar-refractivity contribution >= 4 is 6.03 Å². The molecule has 5 heteroatoms. The molecule has 0 saturated carbocycles. The molecule has 1 rings (SSSR count). The van der Waals surface area contributed by atoms with Crippen molar-refractivity contribution in [1.82, 2.24) is 10.6 Å². The standard InChI is InChI=1S/C16H26N2O3/c1-4-16(20,5-2)12-18-15(19)17-10-9-13-7-6-8-14(11-13)21-3/h6-8,11,20H,4-5,9-10,12H2,1-3H3,(H2,17,18,19). The highest BCUT2D eigenvalue weighted by atomic mass is 16.5. The molecule has 3 N–H and O–H groups in total. The second kappa shape index (κ2) is 8.52. The lowest BCUT2D eigenvalue weighted by Crippen LogP contribution is -2.46. The minimum atomic E-state index is -0.815. The van der Waals surface area contributed by atoms with Gasteiger partial charge < -0.3 is 20.5 Å². The number of carbonyl (C=O) groups is 1. The predicted molar refractivity (Wildman–Crippen MR) is 83.6 cm³/mol. The van der Waals surface area contributed by atoms with Crippen molar-refractivity contribution in [3.05, 3.63) is 29.8 Å². The first-order chi connectivity index (χ1) is 10.0. The van der Waals surface area contributed by atoms with Crippen LogP contribution < -0.4 is 15.4 Å². The van der Waals surface area contributed by atoms with Crippen LogP contribution in [0.1, 0.15) is 32.3 Å². The molecule has 5 nitrogen and oxygen atoms in total. The van der Waals surface area contributed by atoms with Gasteiger partial charge in [0, 0.05) is 13.1 Å². The van der Waals surface area contributed by atoms with Crippen LogP contribution in [0, 0.1) is 0 Å². The molecule has 0 bridgehead atoms. The summed E-state index contributed by atoms with van der Waals surface area (Å²) in [5.74, 6) is 0.813. The Morgan fingerprint density at radius 1 is 1.29 bits per heavy atom. The third-order valence-electron chi connectivity index (χ3n) is 3.73. The smallest absolute Gasteiger partial charge is 0.314 e. The van der Waals surface area contributed by atoms with Gasteiger partial charge in [0.25, 0.3) is 0 Å². The largest absolute Gasteiger partial charge is 0.497 e. The number of amides is 2. The topological polar surface area (TPSA) is 70.6 Å². The van der Waals surface area contributed by atoms with Gasteiger partial charge in [0.05, 0.1) is 12.7 Å². The maximum atomic E-state index is 11.7. The van der Waals surface area contributed by atoms with E-state index in [0.717, 1.165) is 17.7 Å². The first-order valence-electron chi connectivity index (χ1n) is 7.40. The molecule has 0 fully saturated rings. The van der Waals surface area contributed by atoms with Crippen molar-refractivity contribution in [1.29, 1.82) is 0 Å². The Balaban J connectivity index is 2.30. The monoisotopic (exact) mass is 294 g/mol. The summed E-state index contributed by atoms with van der Waals surface area (Å²) in [6.45, 7) is 4.62. The van der Waals surface area contributed by atoms with Crippen molar-refractivity contribution in [2.45, 2.75) is 38.7 Å². The van der Waals surface area contributed by atoms with Crippen LogP contribution in [0.3, 0.4) is 0 Å². The van der Waals surface area contributed by atoms with E-state index in [1.165, 1.54) is 0 Å². The van der Waals surface area contributed by atoms with Crippen LogP contribution in [0.15, 0.2) is 24.3 Å². The van der Waals surface area contributed by atoms with Gasteiger partial charge in [0.15, 0.2) is 0 Å². The third-order valence-corrected chi connectivity index (χ3v) is 3.73. The van der Waals surface area contributed by atoms with Crippen LogP contribution in [0.4, 0.5) is 4.79 Å². The fourth-order valence-corrected chi connectivity index (χ4v) is 1.96. The molecule has 2 amide bonds. The maximum absolute atomic E-state index is 11.7. The zero-order valence-electron chi connectivity index (χ0n) is 13.1. The molecule has 0 unspecified atom stereocenters. The van der Waals surface area contributed by atoms with Gasteiger partial charge in [-0.1, -0.05) is 26.0 Å². The quantitative estimate of drug-likeness (QED) is 0.687. The van der Waals surface area contributed by atoms with E-state index in [0.29, 0.717) is 19.4 Å². The van der Waals surface area contributed by atoms with Crippen molar-refractivity contribution in [3.63, 3.8) is 0 Å². The van der Waals surface area contributed by atoms with Crippen molar-refractivity contribution in [2.75, 3.05) is 20.2 Å². The number of ether oxygens (including phenoxy) is 1. The lowest BCUT2D eigenvalue weighted by molar-refractivity contribution is 0.0349. The molecular formula is C16H26N2O3. The number of rotatable bonds is 8. The van der Waals surface area contributed by atoms with E-state index in [4.69, 9.17) is 4.74 Å². The Labute approximate surface area is 126 Å². The second-order valence-electron chi connectivity index (χ2n) is 5.14. The predicted octanol–water partition coefficient (Wildman–Crippen LogP) is 2.09. The minimum absolute atomic E-state index is 0.252. The normalized spacial score (nSPS) is 11.0. The van der Waals surface area contributed by atoms with Crippen LogP contribution in [0.25, 0.3) is 0 Å². The van der Waals surface area contributed by atoms with Gasteiger partial charge >= 0.3 is 6.03 Å². The highest BCUT2D eigenvalue weighted by Gasteiger charge is 2.22.